The molecule has 2 amide bonds. The number of nitrogens with zero attached hydrogens (tertiary/aromatic N) is 1. The normalized spacial score (nSPS) is 14.0. The topological polar surface area (TPSA) is 69.6 Å². The van der Waals surface area contributed by atoms with Crippen molar-refractivity contribution in [2.75, 3.05) is 12.8 Å². The van der Waals surface area contributed by atoms with Gasteiger partial charge in [-0.1, -0.05) is 13.3 Å². The van der Waals surface area contributed by atoms with Crippen molar-refractivity contribution in [3.05, 3.63) is 0 Å². The molecule has 0 bridgehead atoms. The van der Waals surface area contributed by atoms with Crippen LogP contribution in [0.5, 0.6) is 0 Å². The number of likely N-dealkylation sites (N-methyl/N-ethyl adjacent to an activating group) is 1. The third-order valence-corrected chi connectivity index (χ3v) is 4.60. The lowest BCUT2D eigenvalue weighted by Gasteiger charge is -2.41. The van der Waals surface area contributed by atoms with Crippen LogP contribution in [0.2, 0.25) is 0 Å². The number of hydrogen-bond donors (Lipinski definition) is 3. The summed E-state index contributed by atoms with van der Waals surface area (Å²) in [6.45, 7) is 7.93. The molecule has 0 aliphatic rings. The summed E-state index contributed by atoms with van der Waals surface area (Å²) in [4.78, 5) is 27.0. The minimum Gasteiger partial charge on any atom is -0.393 e. The van der Waals surface area contributed by atoms with Crippen LogP contribution in [0.1, 0.15) is 79.1 Å². The molecule has 148 valence electrons. The fraction of sp³-hybridized carbons (Fsp3) is 0.895. The lowest BCUT2D eigenvalue weighted by molar-refractivity contribution is -0.146. The van der Waals surface area contributed by atoms with Crippen molar-refractivity contribution >= 4 is 24.4 Å². The Kier molecular flexibility index (Phi) is 12.2. The first kappa shape index (κ1) is 24.2. The number of nitrogens with one attached hydrogen (secondary N) is 1. The van der Waals surface area contributed by atoms with Crippen molar-refractivity contribution in [1.29, 1.82) is 0 Å². The summed E-state index contributed by atoms with van der Waals surface area (Å²) in [5, 5.41) is 12.6. The zero-order valence-electron chi connectivity index (χ0n) is 16.7. The van der Waals surface area contributed by atoms with E-state index >= 15 is 0 Å². The molecule has 0 aromatic carbocycles. The van der Waals surface area contributed by atoms with Gasteiger partial charge in [-0.3, -0.25) is 9.59 Å². The van der Waals surface area contributed by atoms with Gasteiger partial charge < -0.3 is 15.3 Å². The van der Waals surface area contributed by atoms with Gasteiger partial charge in [0.05, 0.1) is 6.10 Å². The van der Waals surface area contributed by atoms with Crippen LogP contribution in [0.25, 0.3) is 0 Å². The molecular weight excluding hydrogens is 336 g/mol. The molecule has 1 unspecified atom stereocenters. The highest BCUT2D eigenvalue weighted by Crippen LogP contribution is 2.23. The standard InChI is InChI=1S/C19H38N2O3S/c1-6-10-15(22)11-9-12-16(18(24)20-5)21(19(2,3)4)17(23)13-7-8-14-25/h15-16,22,25H,6-14H2,1-5H3,(H,20,24)/t15?,16-/m0/s1. The van der Waals surface area contributed by atoms with Gasteiger partial charge in [-0.15, -0.1) is 0 Å². The Morgan fingerprint density at radius 3 is 2.24 bits per heavy atom. The van der Waals surface area contributed by atoms with Crippen LogP contribution in [-0.2, 0) is 9.59 Å². The molecule has 6 heteroatoms. The van der Waals surface area contributed by atoms with Crippen LogP contribution < -0.4 is 5.32 Å². The molecule has 0 saturated carbocycles. The van der Waals surface area contributed by atoms with Crippen molar-refractivity contribution in [2.45, 2.75) is 96.7 Å². The number of carbonyl (C=O) groups excluding carboxylic acids is 2. The minimum atomic E-state index is -0.498. The summed E-state index contributed by atoms with van der Waals surface area (Å²) in [5.41, 5.74) is -0.433. The zero-order valence-corrected chi connectivity index (χ0v) is 17.6. The number of aliphatic hydroxyl groups is 1. The summed E-state index contributed by atoms with van der Waals surface area (Å²) in [5.74, 6) is 0.635. The van der Waals surface area contributed by atoms with Crippen LogP contribution in [0.4, 0.5) is 0 Å². The molecule has 0 aromatic heterocycles. The third kappa shape index (κ3) is 9.50. The molecular formula is C19H38N2O3S. The van der Waals surface area contributed by atoms with Crippen molar-refractivity contribution in [3.8, 4) is 0 Å². The average molecular weight is 375 g/mol. The van der Waals surface area contributed by atoms with E-state index in [0.717, 1.165) is 37.9 Å². The van der Waals surface area contributed by atoms with Gasteiger partial charge in [0.25, 0.3) is 0 Å². The third-order valence-electron chi connectivity index (χ3n) is 4.29. The zero-order chi connectivity index (χ0) is 19.5. The number of thiol groups is 1. The lowest BCUT2D eigenvalue weighted by Crippen LogP contribution is -2.56. The van der Waals surface area contributed by atoms with Crippen molar-refractivity contribution in [3.63, 3.8) is 0 Å². The summed E-state index contributed by atoms with van der Waals surface area (Å²) in [6, 6.07) is -0.498. The highest BCUT2D eigenvalue weighted by molar-refractivity contribution is 7.80. The summed E-state index contributed by atoms with van der Waals surface area (Å²) >= 11 is 4.19. The van der Waals surface area contributed by atoms with Gasteiger partial charge in [-0.05, 0) is 65.0 Å². The molecule has 25 heavy (non-hydrogen) atoms. The molecule has 2 atom stereocenters. The van der Waals surface area contributed by atoms with E-state index in [1.807, 2.05) is 27.7 Å². The van der Waals surface area contributed by atoms with E-state index in [-0.39, 0.29) is 17.9 Å². The monoisotopic (exact) mass is 374 g/mol. The van der Waals surface area contributed by atoms with E-state index in [0.29, 0.717) is 19.3 Å². The van der Waals surface area contributed by atoms with Crippen LogP contribution in [0.15, 0.2) is 0 Å². The fourth-order valence-corrected chi connectivity index (χ4v) is 3.32. The van der Waals surface area contributed by atoms with Crippen LogP contribution in [-0.4, -0.2) is 52.3 Å². The van der Waals surface area contributed by atoms with Crippen LogP contribution in [0.3, 0.4) is 0 Å². The van der Waals surface area contributed by atoms with Crippen molar-refractivity contribution in [1.82, 2.24) is 10.2 Å². The quantitative estimate of drug-likeness (QED) is 0.363. The molecule has 0 aliphatic heterocycles. The fourth-order valence-electron chi connectivity index (χ4n) is 3.09. The Balaban J connectivity index is 5.10. The first-order valence-corrected chi connectivity index (χ1v) is 10.1. The summed E-state index contributed by atoms with van der Waals surface area (Å²) < 4.78 is 0. The van der Waals surface area contributed by atoms with Gasteiger partial charge >= 0.3 is 0 Å². The number of hydrogen-bond acceptors (Lipinski definition) is 4. The number of carbonyl (C=O) groups is 2. The van der Waals surface area contributed by atoms with E-state index in [4.69, 9.17) is 0 Å². The predicted octanol–water partition coefficient (Wildman–Crippen LogP) is 3.16. The number of unbranched alkanes of at least 4 members (excludes halogenated alkanes) is 1. The Morgan fingerprint density at radius 2 is 1.76 bits per heavy atom. The molecule has 0 aliphatic carbocycles. The Morgan fingerprint density at radius 1 is 1.12 bits per heavy atom. The van der Waals surface area contributed by atoms with Gasteiger partial charge in [-0.2, -0.15) is 12.6 Å². The number of aliphatic hydroxyl groups excluding tert-OH is 1. The van der Waals surface area contributed by atoms with Crippen molar-refractivity contribution in [2.24, 2.45) is 0 Å². The molecule has 0 spiro atoms. The van der Waals surface area contributed by atoms with Crippen LogP contribution >= 0.6 is 12.6 Å². The molecule has 0 aromatic rings. The van der Waals surface area contributed by atoms with Gasteiger partial charge in [0.1, 0.15) is 6.04 Å². The average Bonchev–Trinajstić information content (AvgIpc) is 2.52. The number of amides is 2. The van der Waals surface area contributed by atoms with Crippen LogP contribution in [0, 0.1) is 0 Å². The summed E-state index contributed by atoms with van der Waals surface area (Å²) in [7, 11) is 1.60. The largest absolute Gasteiger partial charge is 0.393 e. The molecule has 0 heterocycles. The smallest absolute Gasteiger partial charge is 0.242 e. The maximum atomic E-state index is 12.8. The second-order valence-corrected chi connectivity index (χ2v) is 8.07. The second kappa shape index (κ2) is 12.6. The maximum Gasteiger partial charge on any atom is 0.242 e. The molecule has 0 radical (unpaired) electrons. The first-order valence-electron chi connectivity index (χ1n) is 9.51. The highest BCUT2D eigenvalue weighted by atomic mass is 32.1. The van der Waals surface area contributed by atoms with E-state index in [9.17, 15) is 14.7 Å². The van der Waals surface area contributed by atoms with E-state index < -0.39 is 11.6 Å². The Hall–Kier alpha value is -0.750. The highest BCUT2D eigenvalue weighted by Gasteiger charge is 2.36. The van der Waals surface area contributed by atoms with Gasteiger partial charge in [0.2, 0.25) is 11.8 Å². The summed E-state index contributed by atoms with van der Waals surface area (Å²) in [6.07, 6.45) is 5.44. The molecule has 0 fully saturated rings. The molecule has 2 N–H and O–H groups in total. The van der Waals surface area contributed by atoms with E-state index in [2.05, 4.69) is 17.9 Å². The van der Waals surface area contributed by atoms with Gasteiger partial charge in [0.15, 0.2) is 0 Å². The lowest BCUT2D eigenvalue weighted by atomic mass is 9.96. The predicted molar refractivity (Wildman–Crippen MR) is 107 cm³/mol. The van der Waals surface area contributed by atoms with E-state index in [1.165, 1.54) is 0 Å². The Bertz CT molecular complexity index is 397. The first-order chi connectivity index (χ1) is 11.7. The minimum absolute atomic E-state index is 0.0111. The molecule has 5 nitrogen and oxygen atoms in total. The maximum absolute atomic E-state index is 12.8. The molecule has 0 saturated heterocycles. The SMILES string of the molecule is CCCC(O)CCC[C@@H](C(=O)NC)N(C(=O)CCCCS)C(C)(C)C. The van der Waals surface area contributed by atoms with Crippen molar-refractivity contribution < 1.29 is 14.7 Å². The second-order valence-electron chi connectivity index (χ2n) is 7.62. The van der Waals surface area contributed by atoms with Gasteiger partial charge in [-0.25, -0.2) is 0 Å². The molecule has 0 rings (SSSR count). The Labute approximate surface area is 159 Å². The number of rotatable bonds is 12. The van der Waals surface area contributed by atoms with Gasteiger partial charge in [0, 0.05) is 19.0 Å². The van der Waals surface area contributed by atoms with E-state index in [1.54, 1.807) is 11.9 Å².